The molecule has 0 amide bonds. The topological polar surface area (TPSA) is 21.3 Å². The van der Waals surface area contributed by atoms with Crippen molar-refractivity contribution >= 4 is 0 Å². The van der Waals surface area contributed by atoms with Crippen molar-refractivity contribution in [2.24, 2.45) is 5.92 Å². The van der Waals surface area contributed by atoms with Gasteiger partial charge in [-0.3, -0.25) is 0 Å². The predicted octanol–water partition coefficient (Wildman–Crippen LogP) is 1.82. The Kier molecular flexibility index (Phi) is 7.11. The van der Waals surface area contributed by atoms with Crippen LogP contribution in [0.5, 0.6) is 0 Å². The maximum atomic E-state index is 5.11. The molecule has 1 unspecified atom stereocenters. The molecule has 0 aliphatic heterocycles. The van der Waals surface area contributed by atoms with Crippen molar-refractivity contribution in [1.82, 2.24) is 5.32 Å². The van der Waals surface area contributed by atoms with E-state index in [1.165, 1.54) is 0 Å². The van der Waals surface area contributed by atoms with Crippen LogP contribution in [0.25, 0.3) is 0 Å². The molecule has 0 saturated carbocycles. The lowest BCUT2D eigenvalue weighted by Crippen LogP contribution is -2.38. The Morgan fingerprint density at radius 3 is 2.58 bits per heavy atom. The molecule has 2 nitrogen and oxygen atoms in total. The molecule has 12 heavy (non-hydrogen) atoms. The first kappa shape index (κ1) is 11.7. The van der Waals surface area contributed by atoms with Crippen molar-refractivity contribution in [2.45, 2.75) is 26.3 Å². The van der Waals surface area contributed by atoms with Crippen LogP contribution in [0.1, 0.15) is 20.3 Å². The summed E-state index contributed by atoms with van der Waals surface area (Å²) in [5.74, 6) is 0.620. The van der Waals surface area contributed by atoms with E-state index in [0.717, 1.165) is 19.6 Å². The molecule has 2 heteroatoms. The van der Waals surface area contributed by atoms with Crippen molar-refractivity contribution in [3.63, 3.8) is 0 Å². The molecule has 0 aliphatic rings. The van der Waals surface area contributed by atoms with E-state index in [4.69, 9.17) is 4.74 Å². The highest BCUT2D eigenvalue weighted by molar-refractivity contribution is 4.73. The fourth-order valence-corrected chi connectivity index (χ4v) is 1.04. The molecule has 72 valence electrons. The highest BCUT2D eigenvalue weighted by atomic mass is 16.5. The lowest BCUT2D eigenvalue weighted by Gasteiger charge is -2.21. The second kappa shape index (κ2) is 7.32. The molecule has 1 N–H and O–H groups in total. The summed E-state index contributed by atoms with van der Waals surface area (Å²) in [4.78, 5) is 0. The molecule has 0 bridgehead atoms. The molecule has 0 aromatic rings. The van der Waals surface area contributed by atoms with E-state index < -0.39 is 0 Å². The molecule has 0 rings (SSSR count). The minimum absolute atomic E-state index is 0.468. The van der Waals surface area contributed by atoms with Gasteiger partial charge in [-0.2, -0.15) is 0 Å². The third-order valence-electron chi connectivity index (χ3n) is 1.91. The van der Waals surface area contributed by atoms with Crippen molar-refractivity contribution in [3.8, 4) is 0 Å². The lowest BCUT2D eigenvalue weighted by molar-refractivity contribution is 0.147. The SMILES string of the molecule is C=CCCNC(COC)C(C)C. The normalized spacial score (nSPS) is 13.3. The van der Waals surface area contributed by atoms with Gasteiger partial charge >= 0.3 is 0 Å². The average molecular weight is 171 g/mol. The van der Waals surface area contributed by atoms with Gasteiger partial charge in [0.15, 0.2) is 0 Å². The summed E-state index contributed by atoms with van der Waals surface area (Å²) < 4.78 is 5.11. The van der Waals surface area contributed by atoms with Crippen molar-refractivity contribution < 1.29 is 4.74 Å². The van der Waals surface area contributed by atoms with E-state index in [1.807, 2.05) is 6.08 Å². The molecule has 0 spiro atoms. The molecule has 0 aliphatic carbocycles. The molecule has 0 fully saturated rings. The minimum Gasteiger partial charge on any atom is -0.383 e. The van der Waals surface area contributed by atoms with Crippen LogP contribution in [0.15, 0.2) is 12.7 Å². The van der Waals surface area contributed by atoms with E-state index in [9.17, 15) is 0 Å². The Hall–Kier alpha value is -0.340. The van der Waals surface area contributed by atoms with Gasteiger partial charge in [0.25, 0.3) is 0 Å². The summed E-state index contributed by atoms with van der Waals surface area (Å²) in [5.41, 5.74) is 0. The zero-order valence-electron chi connectivity index (χ0n) is 8.47. The van der Waals surface area contributed by atoms with Crippen molar-refractivity contribution in [1.29, 1.82) is 0 Å². The van der Waals surface area contributed by atoms with Gasteiger partial charge < -0.3 is 10.1 Å². The fraction of sp³-hybridized carbons (Fsp3) is 0.800. The first-order chi connectivity index (χ1) is 5.72. The molecule has 0 saturated heterocycles. The zero-order chi connectivity index (χ0) is 9.40. The van der Waals surface area contributed by atoms with Crippen LogP contribution in [0.4, 0.5) is 0 Å². The van der Waals surface area contributed by atoms with E-state index >= 15 is 0 Å². The van der Waals surface area contributed by atoms with Crippen molar-refractivity contribution in [3.05, 3.63) is 12.7 Å². The van der Waals surface area contributed by atoms with E-state index in [2.05, 4.69) is 25.7 Å². The number of hydrogen-bond donors (Lipinski definition) is 1. The Balaban J connectivity index is 3.55. The number of methoxy groups -OCH3 is 1. The number of nitrogens with one attached hydrogen (secondary N) is 1. The standard InChI is InChI=1S/C10H21NO/c1-5-6-7-11-10(8-12-4)9(2)3/h5,9-11H,1,6-8H2,2-4H3. The lowest BCUT2D eigenvalue weighted by atomic mass is 10.1. The molecular weight excluding hydrogens is 150 g/mol. The highest BCUT2D eigenvalue weighted by Crippen LogP contribution is 2.01. The largest absolute Gasteiger partial charge is 0.383 e. The Labute approximate surface area is 76.0 Å². The predicted molar refractivity (Wildman–Crippen MR) is 53.3 cm³/mol. The zero-order valence-corrected chi connectivity index (χ0v) is 8.47. The maximum absolute atomic E-state index is 5.11. The van der Waals surface area contributed by atoms with Gasteiger partial charge in [-0.05, 0) is 18.9 Å². The Morgan fingerprint density at radius 1 is 1.50 bits per heavy atom. The van der Waals surface area contributed by atoms with Gasteiger partial charge in [0, 0.05) is 13.2 Å². The quantitative estimate of drug-likeness (QED) is 0.466. The third kappa shape index (κ3) is 5.33. The smallest absolute Gasteiger partial charge is 0.0618 e. The molecular formula is C10H21NO. The number of rotatable bonds is 7. The van der Waals surface area contributed by atoms with Crippen LogP contribution < -0.4 is 5.32 Å². The van der Waals surface area contributed by atoms with Gasteiger partial charge in [-0.25, -0.2) is 0 Å². The van der Waals surface area contributed by atoms with Crippen LogP contribution in [-0.2, 0) is 4.74 Å². The molecule has 0 radical (unpaired) electrons. The van der Waals surface area contributed by atoms with Gasteiger partial charge in [0.1, 0.15) is 0 Å². The summed E-state index contributed by atoms with van der Waals surface area (Å²) in [5, 5.41) is 3.42. The van der Waals surface area contributed by atoms with E-state index in [1.54, 1.807) is 7.11 Å². The summed E-state index contributed by atoms with van der Waals surface area (Å²) in [6, 6.07) is 0.468. The molecule has 0 aromatic carbocycles. The van der Waals surface area contributed by atoms with Crippen LogP contribution in [0.3, 0.4) is 0 Å². The number of ether oxygens (including phenoxy) is 1. The Morgan fingerprint density at radius 2 is 2.17 bits per heavy atom. The van der Waals surface area contributed by atoms with Gasteiger partial charge in [0.2, 0.25) is 0 Å². The van der Waals surface area contributed by atoms with Crippen LogP contribution >= 0.6 is 0 Å². The van der Waals surface area contributed by atoms with Crippen LogP contribution in [0, 0.1) is 5.92 Å². The first-order valence-corrected chi connectivity index (χ1v) is 4.55. The van der Waals surface area contributed by atoms with Crippen LogP contribution in [0.2, 0.25) is 0 Å². The Bertz CT molecular complexity index is 112. The summed E-state index contributed by atoms with van der Waals surface area (Å²) in [6.45, 7) is 9.86. The van der Waals surface area contributed by atoms with E-state index in [0.29, 0.717) is 12.0 Å². The summed E-state index contributed by atoms with van der Waals surface area (Å²) in [7, 11) is 1.74. The second-order valence-corrected chi connectivity index (χ2v) is 3.34. The van der Waals surface area contributed by atoms with Crippen LogP contribution in [-0.4, -0.2) is 26.3 Å². The second-order valence-electron chi connectivity index (χ2n) is 3.34. The molecule has 0 aromatic heterocycles. The minimum atomic E-state index is 0.468. The van der Waals surface area contributed by atoms with Gasteiger partial charge in [-0.1, -0.05) is 19.9 Å². The van der Waals surface area contributed by atoms with Gasteiger partial charge in [-0.15, -0.1) is 6.58 Å². The monoisotopic (exact) mass is 171 g/mol. The molecule has 0 heterocycles. The highest BCUT2D eigenvalue weighted by Gasteiger charge is 2.10. The molecule has 1 atom stereocenters. The van der Waals surface area contributed by atoms with E-state index in [-0.39, 0.29) is 0 Å². The number of hydrogen-bond acceptors (Lipinski definition) is 2. The summed E-state index contributed by atoms with van der Waals surface area (Å²) >= 11 is 0. The summed E-state index contributed by atoms with van der Waals surface area (Å²) in [6.07, 6.45) is 2.95. The fourth-order valence-electron chi connectivity index (χ4n) is 1.04. The first-order valence-electron chi connectivity index (χ1n) is 4.55. The maximum Gasteiger partial charge on any atom is 0.0618 e. The van der Waals surface area contributed by atoms with Gasteiger partial charge in [0.05, 0.1) is 6.61 Å². The van der Waals surface area contributed by atoms with Crippen molar-refractivity contribution in [2.75, 3.05) is 20.3 Å². The third-order valence-corrected chi connectivity index (χ3v) is 1.91. The average Bonchev–Trinajstić information content (AvgIpc) is 2.03.